The van der Waals surface area contributed by atoms with Crippen LogP contribution in [0.5, 0.6) is 0 Å². The lowest BCUT2D eigenvalue weighted by Gasteiger charge is -2.46. The summed E-state index contributed by atoms with van der Waals surface area (Å²) in [7, 11) is 1.88. The van der Waals surface area contributed by atoms with E-state index in [1.165, 1.54) is 0 Å². The zero-order valence-electron chi connectivity index (χ0n) is 19.0. The number of nitrogens with zero attached hydrogens (tertiary/aromatic N) is 3. The molecule has 0 radical (unpaired) electrons. The van der Waals surface area contributed by atoms with Crippen LogP contribution in [0.1, 0.15) is 62.2 Å². The first kappa shape index (κ1) is 23.7. The molecule has 0 aromatic heterocycles. The Bertz CT molecular complexity index is 829. The number of ether oxygens (including phenoxy) is 1. The third-order valence-electron chi connectivity index (χ3n) is 7.57. The first-order valence-corrected chi connectivity index (χ1v) is 12.5. The van der Waals surface area contributed by atoms with Gasteiger partial charge in [-0.15, -0.1) is 0 Å². The Kier molecular flexibility index (Phi) is 7.23. The summed E-state index contributed by atoms with van der Waals surface area (Å²) in [5.74, 6) is -0.0867. The van der Waals surface area contributed by atoms with Crippen LogP contribution in [-0.2, 0) is 4.74 Å². The van der Waals surface area contributed by atoms with Gasteiger partial charge in [-0.05, 0) is 31.4 Å². The number of piperidine rings is 2. The fraction of sp³-hybridized carbons (Fsp3) is 0.667. The third-order valence-corrected chi connectivity index (χ3v) is 8.20. The Balaban J connectivity index is 1.33. The molecule has 1 aromatic carbocycles. The van der Waals surface area contributed by atoms with Crippen molar-refractivity contribution in [2.45, 2.75) is 69.6 Å². The summed E-state index contributed by atoms with van der Waals surface area (Å²) in [5.41, 5.74) is 0.0640. The molecule has 0 saturated carbocycles. The Morgan fingerprint density at radius 1 is 1.12 bits per heavy atom. The number of halogens is 2. The highest BCUT2D eigenvalue weighted by molar-refractivity contribution is 6.39. The molecule has 2 amide bonds. The monoisotopic (exact) mass is 481 g/mol. The molecule has 3 aliphatic heterocycles. The normalized spacial score (nSPS) is 24.2. The molecule has 3 heterocycles. The summed E-state index contributed by atoms with van der Waals surface area (Å²) in [6, 6.07) is 5.79. The lowest BCUT2D eigenvalue weighted by atomic mass is 9.81. The molecule has 32 heavy (non-hydrogen) atoms. The van der Waals surface area contributed by atoms with Gasteiger partial charge in [0.05, 0.1) is 21.7 Å². The quantitative estimate of drug-likeness (QED) is 0.588. The number of rotatable bonds is 5. The van der Waals surface area contributed by atoms with Crippen LogP contribution < -0.4 is 0 Å². The van der Waals surface area contributed by atoms with E-state index in [2.05, 4.69) is 11.8 Å². The molecule has 1 aromatic rings. The van der Waals surface area contributed by atoms with Gasteiger partial charge in [-0.1, -0.05) is 49.0 Å². The Morgan fingerprint density at radius 2 is 1.75 bits per heavy atom. The minimum atomic E-state index is -0.338. The van der Waals surface area contributed by atoms with Gasteiger partial charge in [-0.2, -0.15) is 0 Å². The van der Waals surface area contributed by atoms with E-state index in [0.717, 1.165) is 58.0 Å². The number of carbonyl (C=O) groups excluding carboxylic acids is 2. The van der Waals surface area contributed by atoms with Crippen LogP contribution in [0.15, 0.2) is 18.2 Å². The second-order valence-corrected chi connectivity index (χ2v) is 10.2. The molecule has 0 bridgehead atoms. The maximum atomic E-state index is 13.0. The van der Waals surface area contributed by atoms with Gasteiger partial charge in [-0.25, -0.2) is 4.79 Å². The maximum Gasteiger partial charge on any atom is 0.410 e. The van der Waals surface area contributed by atoms with E-state index in [0.29, 0.717) is 34.7 Å². The van der Waals surface area contributed by atoms with Crippen LogP contribution in [0.25, 0.3) is 0 Å². The summed E-state index contributed by atoms with van der Waals surface area (Å²) < 4.78 is 5.95. The number of hydrogen-bond acceptors (Lipinski definition) is 4. The summed E-state index contributed by atoms with van der Waals surface area (Å²) in [6.45, 7) is 5.44. The molecular formula is C24H33Cl2N3O3. The smallest absolute Gasteiger partial charge is 0.410 e. The number of likely N-dealkylation sites (tertiary alicyclic amines) is 2. The summed E-state index contributed by atoms with van der Waals surface area (Å²) >= 11 is 12.5. The third kappa shape index (κ3) is 4.46. The SMILES string of the molecule is CCCCC1N(C)C(=O)OC12CCN(C1CCN(C(=O)c3c(Cl)cccc3Cl)CC1)CC2. The molecule has 0 N–H and O–H groups in total. The first-order chi connectivity index (χ1) is 15.4. The number of amides is 2. The molecule has 3 saturated heterocycles. The summed E-state index contributed by atoms with van der Waals surface area (Å²) in [5, 5.41) is 0.805. The highest BCUT2D eigenvalue weighted by Crippen LogP contribution is 2.41. The van der Waals surface area contributed by atoms with Gasteiger partial charge in [0.1, 0.15) is 5.60 Å². The van der Waals surface area contributed by atoms with Crippen molar-refractivity contribution >= 4 is 35.2 Å². The van der Waals surface area contributed by atoms with Crippen molar-refractivity contribution < 1.29 is 14.3 Å². The maximum absolute atomic E-state index is 13.0. The zero-order chi connectivity index (χ0) is 22.9. The molecule has 8 heteroatoms. The lowest BCUT2D eigenvalue weighted by molar-refractivity contribution is -0.0375. The fourth-order valence-electron chi connectivity index (χ4n) is 5.65. The molecular weight excluding hydrogens is 449 g/mol. The van der Waals surface area contributed by atoms with Gasteiger partial charge in [0.15, 0.2) is 0 Å². The van der Waals surface area contributed by atoms with Crippen LogP contribution in [0, 0.1) is 0 Å². The van der Waals surface area contributed by atoms with E-state index in [4.69, 9.17) is 27.9 Å². The fourth-order valence-corrected chi connectivity index (χ4v) is 6.20. The van der Waals surface area contributed by atoms with Gasteiger partial charge >= 0.3 is 6.09 Å². The zero-order valence-corrected chi connectivity index (χ0v) is 20.5. The largest absolute Gasteiger partial charge is 0.440 e. The average Bonchev–Trinajstić information content (AvgIpc) is 3.01. The molecule has 1 unspecified atom stereocenters. The predicted molar refractivity (Wildman–Crippen MR) is 126 cm³/mol. The van der Waals surface area contributed by atoms with Crippen molar-refractivity contribution in [3.8, 4) is 0 Å². The number of hydrogen-bond donors (Lipinski definition) is 0. The van der Waals surface area contributed by atoms with Gasteiger partial charge < -0.3 is 14.5 Å². The van der Waals surface area contributed by atoms with Crippen LogP contribution in [0.3, 0.4) is 0 Å². The van der Waals surface area contributed by atoms with Crippen molar-refractivity contribution in [2.24, 2.45) is 0 Å². The molecule has 0 aliphatic carbocycles. The molecule has 4 rings (SSSR count). The predicted octanol–water partition coefficient (Wildman–Crippen LogP) is 5.07. The van der Waals surface area contributed by atoms with E-state index < -0.39 is 0 Å². The van der Waals surface area contributed by atoms with Crippen LogP contribution >= 0.6 is 23.2 Å². The number of benzene rings is 1. The van der Waals surface area contributed by atoms with Crippen LogP contribution in [0.4, 0.5) is 4.79 Å². The lowest BCUT2D eigenvalue weighted by Crippen LogP contribution is -2.55. The van der Waals surface area contributed by atoms with Crippen molar-refractivity contribution in [1.29, 1.82) is 0 Å². The van der Waals surface area contributed by atoms with Crippen molar-refractivity contribution in [3.63, 3.8) is 0 Å². The van der Waals surface area contributed by atoms with Gasteiger partial charge in [-0.3, -0.25) is 9.69 Å². The Morgan fingerprint density at radius 3 is 2.34 bits per heavy atom. The second kappa shape index (κ2) is 9.78. The van der Waals surface area contributed by atoms with Crippen LogP contribution in [-0.4, -0.2) is 77.6 Å². The van der Waals surface area contributed by atoms with E-state index in [1.54, 1.807) is 18.2 Å². The molecule has 176 valence electrons. The van der Waals surface area contributed by atoms with Crippen molar-refractivity contribution in [3.05, 3.63) is 33.8 Å². The van der Waals surface area contributed by atoms with E-state index in [1.807, 2.05) is 16.8 Å². The molecule has 3 aliphatic rings. The minimum absolute atomic E-state index is 0.0867. The molecule has 6 nitrogen and oxygen atoms in total. The van der Waals surface area contributed by atoms with E-state index in [-0.39, 0.29) is 23.6 Å². The minimum Gasteiger partial charge on any atom is -0.440 e. The van der Waals surface area contributed by atoms with Gasteiger partial charge in [0.2, 0.25) is 0 Å². The Labute approximate surface area is 200 Å². The second-order valence-electron chi connectivity index (χ2n) is 9.36. The van der Waals surface area contributed by atoms with Gasteiger partial charge in [0, 0.05) is 52.1 Å². The average molecular weight is 482 g/mol. The van der Waals surface area contributed by atoms with Gasteiger partial charge in [0.25, 0.3) is 5.91 Å². The first-order valence-electron chi connectivity index (χ1n) is 11.8. The van der Waals surface area contributed by atoms with Crippen molar-refractivity contribution in [1.82, 2.24) is 14.7 Å². The molecule has 1 atom stereocenters. The topological polar surface area (TPSA) is 53.1 Å². The highest BCUT2D eigenvalue weighted by Gasteiger charge is 2.53. The summed E-state index contributed by atoms with van der Waals surface area (Å²) in [6.07, 6.45) is 6.68. The number of likely N-dealkylation sites (N-methyl/N-ethyl adjacent to an activating group) is 1. The van der Waals surface area contributed by atoms with E-state index >= 15 is 0 Å². The number of carbonyl (C=O) groups is 2. The highest BCUT2D eigenvalue weighted by atomic mass is 35.5. The number of unbranched alkanes of at least 4 members (excludes halogenated alkanes) is 1. The van der Waals surface area contributed by atoms with Crippen molar-refractivity contribution in [2.75, 3.05) is 33.2 Å². The van der Waals surface area contributed by atoms with Crippen LogP contribution in [0.2, 0.25) is 10.0 Å². The molecule has 1 spiro atoms. The molecule has 3 fully saturated rings. The standard InChI is InChI=1S/C24H33Cl2N3O3/c1-3-4-8-20-24(32-23(31)27(20)2)11-15-28(16-12-24)17-9-13-29(14-10-17)22(30)21-18(25)6-5-7-19(21)26/h5-7,17,20H,3-4,8-16H2,1-2H3. The Hall–Kier alpha value is -1.50. The van der Waals surface area contributed by atoms with E-state index in [9.17, 15) is 9.59 Å². The summed E-state index contributed by atoms with van der Waals surface area (Å²) in [4.78, 5) is 31.5.